The molecule has 1 aromatic carbocycles. The molecule has 0 radical (unpaired) electrons. The van der Waals surface area contributed by atoms with E-state index in [0.717, 1.165) is 0 Å². The minimum absolute atomic E-state index is 0.132. The van der Waals surface area contributed by atoms with Crippen LogP contribution in [0.3, 0.4) is 0 Å². The van der Waals surface area contributed by atoms with Crippen molar-refractivity contribution in [3.63, 3.8) is 0 Å². The number of hydrazine groups is 1. The molecule has 0 aliphatic heterocycles. The van der Waals surface area contributed by atoms with Crippen LogP contribution in [0.4, 0.5) is 0 Å². The fourth-order valence-corrected chi connectivity index (χ4v) is 2.42. The van der Waals surface area contributed by atoms with E-state index in [0.29, 0.717) is 21.9 Å². The van der Waals surface area contributed by atoms with Crippen LogP contribution in [0, 0.1) is 0 Å². The minimum atomic E-state index is -0.362. The lowest BCUT2D eigenvalue weighted by molar-refractivity contribution is 0.0938. The number of ether oxygens (including phenoxy) is 2. The third-order valence-corrected chi connectivity index (χ3v) is 3.80. The summed E-state index contributed by atoms with van der Waals surface area (Å²) in [4.78, 5) is 24.3. The van der Waals surface area contributed by atoms with Crippen molar-refractivity contribution < 1.29 is 19.1 Å². The molecular weight excluding hydrogens is 316 g/mol. The quantitative estimate of drug-likeness (QED) is 0.462. The highest BCUT2D eigenvalue weighted by Crippen LogP contribution is 2.27. The fourth-order valence-electron chi connectivity index (χ4n) is 1.78. The van der Waals surface area contributed by atoms with Gasteiger partial charge in [-0.25, -0.2) is 0 Å². The van der Waals surface area contributed by atoms with Crippen LogP contribution in [-0.4, -0.2) is 25.9 Å². The van der Waals surface area contributed by atoms with Crippen molar-refractivity contribution in [3.05, 3.63) is 58.4 Å². The Balaban J connectivity index is 1.91. The number of amides is 1. The molecule has 0 aliphatic carbocycles. The first-order valence-corrected chi connectivity index (χ1v) is 7.56. The van der Waals surface area contributed by atoms with Gasteiger partial charge >= 0.3 is 0 Å². The number of hydrogen-bond donors (Lipinski definition) is 2. The standard InChI is InChI=1S/C16H16N2O4S/c1-21-13-6-5-11(10-14(13)22-2)16(20)18-17-8-7-12(19)15-4-3-9-23-15/h3-10,17H,1-2H3,(H,18,20)/b8-7+. The molecule has 2 rings (SSSR count). The molecule has 0 fully saturated rings. The molecule has 2 N–H and O–H groups in total. The zero-order valence-electron chi connectivity index (χ0n) is 12.7. The van der Waals surface area contributed by atoms with Gasteiger partial charge in [0.1, 0.15) is 0 Å². The average molecular weight is 332 g/mol. The van der Waals surface area contributed by atoms with Crippen molar-refractivity contribution in [3.8, 4) is 11.5 Å². The summed E-state index contributed by atoms with van der Waals surface area (Å²) in [6.45, 7) is 0. The first-order chi connectivity index (χ1) is 11.2. The second-order valence-corrected chi connectivity index (χ2v) is 5.29. The summed E-state index contributed by atoms with van der Waals surface area (Å²) in [7, 11) is 3.02. The molecule has 120 valence electrons. The van der Waals surface area contributed by atoms with Crippen molar-refractivity contribution in [1.82, 2.24) is 10.9 Å². The Labute approximate surface area is 137 Å². The van der Waals surface area contributed by atoms with Gasteiger partial charge in [0.15, 0.2) is 17.3 Å². The number of carbonyl (C=O) groups is 2. The van der Waals surface area contributed by atoms with Gasteiger partial charge in [0, 0.05) is 17.8 Å². The number of nitrogens with one attached hydrogen (secondary N) is 2. The molecule has 1 amide bonds. The predicted octanol–water partition coefficient (Wildman–Crippen LogP) is 2.40. The van der Waals surface area contributed by atoms with E-state index in [1.165, 1.54) is 37.8 Å². The van der Waals surface area contributed by atoms with Gasteiger partial charge in [-0.1, -0.05) is 6.07 Å². The molecule has 0 saturated carbocycles. The highest BCUT2D eigenvalue weighted by molar-refractivity contribution is 7.12. The summed E-state index contributed by atoms with van der Waals surface area (Å²) in [5.41, 5.74) is 5.44. The highest BCUT2D eigenvalue weighted by Gasteiger charge is 2.10. The van der Waals surface area contributed by atoms with Gasteiger partial charge in [0.2, 0.25) is 0 Å². The second-order valence-electron chi connectivity index (χ2n) is 4.34. The summed E-state index contributed by atoms with van der Waals surface area (Å²) < 4.78 is 10.3. The summed E-state index contributed by atoms with van der Waals surface area (Å²) in [5, 5.41) is 1.83. The number of methoxy groups -OCH3 is 2. The van der Waals surface area contributed by atoms with E-state index in [4.69, 9.17) is 9.47 Å². The van der Waals surface area contributed by atoms with Gasteiger partial charge in [0.05, 0.1) is 19.1 Å². The molecular formula is C16H16N2O4S. The molecule has 23 heavy (non-hydrogen) atoms. The Kier molecular flexibility index (Phi) is 5.76. The van der Waals surface area contributed by atoms with E-state index in [2.05, 4.69) is 10.9 Å². The molecule has 0 saturated heterocycles. The van der Waals surface area contributed by atoms with E-state index >= 15 is 0 Å². The number of carbonyl (C=O) groups excluding carboxylic acids is 2. The number of hydrogen-bond acceptors (Lipinski definition) is 6. The summed E-state index contributed by atoms with van der Waals surface area (Å²) in [6, 6.07) is 8.36. The Morgan fingerprint density at radius 2 is 1.91 bits per heavy atom. The normalized spacial score (nSPS) is 10.3. The van der Waals surface area contributed by atoms with Gasteiger partial charge in [-0.3, -0.25) is 15.0 Å². The van der Waals surface area contributed by atoms with E-state index in [1.54, 1.807) is 30.3 Å². The third kappa shape index (κ3) is 4.33. The van der Waals surface area contributed by atoms with E-state index in [9.17, 15) is 9.59 Å². The van der Waals surface area contributed by atoms with Crippen LogP contribution in [0.5, 0.6) is 11.5 Å². The van der Waals surface area contributed by atoms with Gasteiger partial charge in [-0.05, 0) is 29.6 Å². The lowest BCUT2D eigenvalue weighted by atomic mass is 10.2. The van der Waals surface area contributed by atoms with Crippen molar-refractivity contribution in [1.29, 1.82) is 0 Å². The Morgan fingerprint density at radius 3 is 2.57 bits per heavy atom. The van der Waals surface area contributed by atoms with Crippen LogP contribution in [0.25, 0.3) is 0 Å². The number of rotatable bonds is 7. The maximum absolute atomic E-state index is 12.0. The van der Waals surface area contributed by atoms with Crippen LogP contribution in [0.1, 0.15) is 20.0 Å². The molecule has 0 unspecified atom stereocenters. The monoisotopic (exact) mass is 332 g/mol. The Bertz CT molecular complexity index is 711. The Hall–Kier alpha value is -2.80. The van der Waals surface area contributed by atoms with Crippen LogP contribution >= 0.6 is 11.3 Å². The average Bonchev–Trinajstić information content (AvgIpc) is 3.12. The highest BCUT2D eigenvalue weighted by atomic mass is 32.1. The van der Waals surface area contributed by atoms with Crippen LogP contribution in [0.15, 0.2) is 48.0 Å². The third-order valence-electron chi connectivity index (χ3n) is 2.91. The molecule has 0 spiro atoms. The lowest BCUT2D eigenvalue weighted by Crippen LogP contribution is -2.33. The van der Waals surface area contributed by atoms with Gasteiger partial charge in [-0.15, -0.1) is 11.3 Å². The largest absolute Gasteiger partial charge is 0.493 e. The molecule has 2 aromatic rings. The number of benzene rings is 1. The van der Waals surface area contributed by atoms with Crippen LogP contribution in [0.2, 0.25) is 0 Å². The van der Waals surface area contributed by atoms with Crippen molar-refractivity contribution >= 4 is 23.0 Å². The fraction of sp³-hybridized carbons (Fsp3) is 0.125. The predicted molar refractivity (Wildman–Crippen MR) is 87.9 cm³/mol. The van der Waals surface area contributed by atoms with Gasteiger partial charge in [0.25, 0.3) is 5.91 Å². The maximum atomic E-state index is 12.0. The topological polar surface area (TPSA) is 76.7 Å². The number of ketones is 1. The molecule has 0 bridgehead atoms. The molecule has 0 atom stereocenters. The summed E-state index contributed by atoms with van der Waals surface area (Å²) >= 11 is 1.36. The molecule has 1 aromatic heterocycles. The number of allylic oxidation sites excluding steroid dienone is 1. The lowest BCUT2D eigenvalue weighted by Gasteiger charge is -2.09. The van der Waals surface area contributed by atoms with Crippen LogP contribution in [-0.2, 0) is 0 Å². The molecule has 0 aliphatic rings. The summed E-state index contributed by atoms with van der Waals surface area (Å²) in [5.74, 6) is 0.508. The van der Waals surface area contributed by atoms with Crippen molar-refractivity contribution in [2.45, 2.75) is 0 Å². The first-order valence-electron chi connectivity index (χ1n) is 6.68. The second kappa shape index (κ2) is 8.00. The summed E-state index contributed by atoms with van der Waals surface area (Å²) in [6.07, 6.45) is 2.72. The first kappa shape index (κ1) is 16.6. The molecule has 7 heteroatoms. The SMILES string of the molecule is COc1ccc(C(=O)NN/C=C/C(=O)c2cccs2)cc1OC. The van der Waals surface area contributed by atoms with Gasteiger partial charge in [-0.2, -0.15) is 0 Å². The van der Waals surface area contributed by atoms with Crippen molar-refractivity contribution in [2.24, 2.45) is 0 Å². The Morgan fingerprint density at radius 1 is 1.13 bits per heavy atom. The van der Waals surface area contributed by atoms with E-state index in [-0.39, 0.29) is 11.7 Å². The zero-order chi connectivity index (χ0) is 16.7. The molecule has 1 heterocycles. The number of thiophene rings is 1. The van der Waals surface area contributed by atoms with E-state index in [1.807, 2.05) is 5.38 Å². The van der Waals surface area contributed by atoms with Crippen molar-refractivity contribution in [2.75, 3.05) is 14.2 Å². The zero-order valence-corrected chi connectivity index (χ0v) is 13.5. The van der Waals surface area contributed by atoms with Crippen LogP contribution < -0.4 is 20.3 Å². The van der Waals surface area contributed by atoms with E-state index < -0.39 is 0 Å². The van der Waals surface area contributed by atoms with Gasteiger partial charge < -0.3 is 14.9 Å². The maximum Gasteiger partial charge on any atom is 0.269 e. The molecule has 6 nitrogen and oxygen atoms in total. The minimum Gasteiger partial charge on any atom is -0.493 e. The smallest absolute Gasteiger partial charge is 0.269 e.